The lowest BCUT2D eigenvalue weighted by atomic mass is 9.92. The molecule has 0 spiro atoms. The molecule has 82 valence electrons. The molecule has 0 aromatic heterocycles. The molecule has 0 bridgehead atoms. The van der Waals surface area contributed by atoms with Crippen LogP contribution in [0, 0.1) is 5.92 Å². The van der Waals surface area contributed by atoms with Crippen LogP contribution in [0.3, 0.4) is 0 Å². The Kier molecular flexibility index (Phi) is 4.94. The molecule has 0 aliphatic carbocycles. The zero-order valence-electron chi connectivity index (χ0n) is 9.38. The normalized spacial score (nSPS) is 19.6. The molecule has 14 heavy (non-hydrogen) atoms. The van der Waals surface area contributed by atoms with Crippen LogP contribution in [0.4, 0.5) is 0 Å². The Morgan fingerprint density at radius 2 is 2.07 bits per heavy atom. The fraction of sp³-hybridized carbons (Fsp3) is 0.909. The van der Waals surface area contributed by atoms with Crippen LogP contribution in [0.15, 0.2) is 0 Å². The minimum atomic E-state index is 0.179. The topological polar surface area (TPSA) is 32.3 Å². The molecule has 1 aliphatic rings. The van der Waals surface area contributed by atoms with Crippen LogP contribution >= 0.6 is 0 Å². The van der Waals surface area contributed by atoms with Gasteiger partial charge < -0.3 is 10.2 Å². The molecule has 3 nitrogen and oxygen atoms in total. The molecule has 1 heterocycles. The molecule has 1 fully saturated rings. The lowest BCUT2D eigenvalue weighted by Gasteiger charge is -2.28. The SMILES string of the molecule is CNC(=O)CCCC1CCN(C)CC1. The molecule has 0 aromatic rings. The molecule has 1 aliphatic heterocycles. The molecule has 1 N–H and O–H groups in total. The number of nitrogens with one attached hydrogen (secondary N) is 1. The molecule has 0 unspecified atom stereocenters. The van der Waals surface area contributed by atoms with Crippen molar-refractivity contribution in [3.63, 3.8) is 0 Å². The fourth-order valence-electron chi connectivity index (χ4n) is 2.03. The summed E-state index contributed by atoms with van der Waals surface area (Å²) in [6.07, 6.45) is 5.59. The highest BCUT2D eigenvalue weighted by Gasteiger charge is 2.16. The first-order valence-corrected chi connectivity index (χ1v) is 5.61. The van der Waals surface area contributed by atoms with Crippen molar-refractivity contribution in [1.82, 2.24) is 10.2 Å². The minimum absolute atomic E-state index is 0.179. The van der Waals surface area contributed by atoms with Gasteiger partial charge >= 0.3 is 0 Å². The summed E-state index contributed by atoms with van der Waals surface area (Å²) < 4.78 is 0. The van der Waals surface area contributed by atoms with Gasteiger partial charge in [-0.25, -0.2) is 0 Å². The van der Waals surface area contributed by atoms with Gasteiger partial charge in [0.1, 0.15) is 0 Å². The number of hydrogen-bond acceptors (Lipinski definition) is 2. The maximum Gasteiger partial charge on any atom is 0.219 e. The Bertz CT molecular complexity index is 174. The van der Waals surface area contributed by atoms with E-state index >= 15 is 0 Å². The van der Waals surface area contributed by atoms with E-state index in [4.69, 9.17) is 0 Å². The Morgan fingerprint density at radius 3 is 2.64 bits per heavy atom. The van der Waals surface area contributed by atoms with Crippen LogP contribution in [0.5, 0.6) is 0 Å². The van der Waals surface area contributed by atoms with E-state index in [0.29, 0.717) is 6.42 Å². The van der Waals surface area contributed by atoms with Gasteiger partial charge in [-0.05, 0) is 51.7 Å². The van der Waals surface area contributed by atoms with Crippen molar-refractivity contribution >= 4 is 5.91 Å². The van der Waals surface area contributed by atoms with Gasteiger partial charge in [0, 0.05) is 13.5 Å². The van der Waals surface area contributed by atoms with E-state index < -0.39 is 0 Å². The van der Waals surface area contributed by atoms with Crippen molar-refractivity contribution in [3.8, 4) is 0 Å². The predicted octanol–water partition coefficient (Wildman–Crippen LogP) is 1.24. The molecule has 0 saturated carbocycles. The van der Waals surface area contributed by atoms with Crippen LogP contribution in [-0.4, -0.2) is 38.0 Å². The van der Waals surface area contributed by atoms with Crippen molar-refractivity contribution in [1.29, 1.82) is 0 Å². The van der Waals surface area contributed by atoms with Crippen molar-refractivity contribution in [3.05, 3.63) is 0 Å². The average molecular weight is 198 g/mol. The molecule has 1 rings (SSSR count). The molecule has 1 saturated heterocycles. The molecule has 1 amide bonds. The third-order valence-corrected chi connectivity index (χ3v) is 3.13. The number of likely N-dealkylation sites (tertiary alicyclic amines) is 1. The quantitative estimate of drug-likeness (QED) is 0.737. The summed E-state index contributed by atoms with van der Waals surface area (Å²) in [5, 5.41) is 2.66. The summed E-state index contributed by atoms with van der Waals surface area (Å²) in [5.74, 6) is 1.04. The smallest absolute Gasteiger partial charge is 0.219 e. The summed E-state index contributed by atoms with van der Waals surface area (Å²) in [4.78, 5) is 13.4. The summed E-state index contributed by atoms with van der Waals surface area (Å²) in [5.41, 5.74) is 0. The van der Waals surface area contributed by atoms with E-state index in [2.05, 4.69) is 17.3 Å². The predicted molar refractivity (Wildman–Crippen MR) is 58.1 cm³/mol. The second-order valence-corrected chi connectivity index (χ2v) is 4.31. The van der Waals surface area contributed by atoms with Gasteiger partial charge in [-0.15, -0.1) is 0 Å². The van der Waals surface area contributed by atoms with E-state index in [1.807, 2.05) is 0 Å². The van der Waals surface area contributed by atoms with Gasteiger partial charge in [-0.2, -0.15) is 0 Å². The summed E-state index contributed by atoms with van der Waals surface area (Å²) in [6, 6.07) is 0. The Labute approximate surface area is 86.9 Å². The highest BCUT2D eigenvalue weighted by atomic mass is 16.1. The third-order valence-electron chi connectivity index (χ3n) is 3.13. The first kappa shape index (κ1) is 11.5. The molecule has 0 aromatic carbocycles. The van der Waals surface area contributed by atoms with Crippen LogP contribution in [0.25, 0.3) is 0 Å². The summed E-state index contributed by atoms with van der Waals surface area (Å²) in [7, 11) is 3.89. The maximum atomic E-state index is 11.0. The van der Waals surface area contributed by atoms with E-state index in [9.17, 15) is 4.79 Å². The molecular weight excluding hydrogens is 176 g/mol. The number of rotatable bonds is 4. The monoisotopic (exact) mass is 198 g/mol. The zero-order chi connectivity index (χ0) is 10.4. The number of amides is 1. The Hall–Kier alpha value is -0.570. The first-order chi connectivity index (χ1) is 6.72. The van der Waals surface area contributed by atoms with Crippen LogP contribution in [-0.2, 0) is 4.79 Å². The second kappa shape index (κ2) is 6.02. The van der Waals surface area contributed by atoms with Gasteiger partial charge in [0.05, 0.1) is 0 Å². The maximum absolute atomic E-state index is 11.0. The van der Waals surface area contributed by atoms with Crippen LogP contribution < -0.4 is 5.32 Å². The molecule has 3 heteroatoms. The van der Waals surface area contributed by atoms with E-state index in [1.165, 1.54) is 32.4 Å². The number of carbonyl (C=O) groups is 1. The van der Waals surface area contributed by atoms with Gasteiger partial charge in [0.2, 0.25) is 5.91 Å². The molecule has 0 radical (unpaired) electrons. The third kappa shape index (κ3) is 4.09. The highest BCUT2D eigenvalue weighted by molar-refractivity contribution is 5.75. The average Bonchev–Trinajstić information content (AvgIpc) is 2.21. The molecular formula is C11H22N2O. The Balaban J connectivity index is 2.04. The largest absolute Gasteiger partial charge is 0.359 e. The summed E-state index contributed by atoms with van der Waals surface area (Å²) >= 11 is 0. The standard InChI is InChI=1S/C11H22N2O/c1-12-11(14)5-3-4-10-6-8-13(2)9-7-10/h10H,3-9H2,1-2H3,(H,12,14). The molecule has 0 atom stereocenters. The number of piperidine rings is 1. The number of hydrogen-bond donors (Lipinski definition) is 1. The van der Waals surface area contributed by atoms with E-state index in [0.717, 1.165) is 12.3 Å². The summed E-state index contributed by atoms with van der Waals surface area (Å²) in [6.45, 7) is 2.45. The van der Waals surface area contributed by atoms with Gasteiger partial charge in [0.25, 0.3) is 0 Å². The van der Waals surface area contributed by atoms with Gasteiger partial charge in [-0.3, -0.25) is 4.79 Å². The first-order valence-electron chi connectivity index (χ1n) is 5.61. The van der Waals surface area contributed by atoms with Crippen LogP contribution in [0.2, 0.25) is 0 Å². The van der Waals surface area contributed by atoms with Crippen molar-refractivity contribution in [2.45, 2.75) is 32.1 Å². The highest BCUT2D eigenvalue weighted by Crippen LogP contribution is 2.21. The zero-order valence-corrected chi connectivity index (χ0v) is 9.38. The van der Waals surface area contributed by atoms with Crippen molar-refractivity contribution < 1.29 is 4.79 Å². The van der Waals surface area contributed by atoms with Gasteiger partial charge in [-0.1, -0.05) is 0 Å². The van der Waals surface area contributed by atoms with E-state index in [-0.39, 0.29) is 5.91 Å². The van der Waals surface area contributed by atoms with Crippen molar-refractivity contribution in [2.24, 2.45) is 5.92 Å². The lowest BCUT2D eigenvalue weighted by Crippen LogP contribution is -2.30. The lowest BCUT2D eigenvalue weighted by molar-refractivity contribution is -0.120. The fourth-order valence-corrected chi connectivity index (χ4v) is 2.03. The Morgan fingerprint density at radius 1 is 1.43 bits per heavy atom. The van der Waals surface area contributed by atoms with E-state index in [1.54, 1.807) is 7.05 Å². The van der Waals surface area contributed by atoms with Crippen LogP contribution in [0.1, 0.15) is 32.1 Å². The van der Waals surface area contributed by atoms with Crippen molar-refractivity contribution in [2.75, 3.05) is 27.2 Å². The number of carbonyl (C=O) groups excluding carboxylic acids is 1. The minimum Gasteiger partial charge on any atom is -0.359 e. The second-order valence-electron chi connectivity index (χ2n) is 4.31. The van der Waals surface area contributed by atoms with Gasteiger partial charge in [0.15, 0.2) is 0 Å². The number of nitrogens with zero attached hydrogens (tertiary/aromatic N) is 1.